The molecule has 2 aromatic rings. The first-order valence-corrected chi connectivity index (χ1v) is 6.96. The second-order valence-electron chi connectivity index (χ2n) is 4.53. The molecule has 1 aliphatic rings. The minimum absolute atomic E-state index is 0.0394. The zero-order valence-electron chi connectivity index (χ0n) is 10.3. The van der Waals surface area contributed by atoms with Gasteiger partial charge in [-0.1, -0.05) is 6.07 Å². The number of hydrogen-bond acceptors (Lipinski definition) is 5. The lowest BCUT2D eigenvalue weighted by Crippen LogP contribution is -2.06. The highest BCUT2D eigenvalue weighted by Crippen LogP contribution is 2.37. The van der Waals surface area contributed by atoms with Crippen LogP contribution in [0.5, 0.6) is 0 Å². The van der Waals surface area contributed by atoms with Crippen molar-refractivity contribution in [1.29, 1.82) is 0 Å². The number of aromatic carboxylic acids is 1. The van der Waals surface area contributed by atoms with Crippen LogP contribution in [0, 0.1) is 0 Å². The van der Waals surface area contributed by atoms with Crippen molar-refractivity contribution >= 4 is 17.3 Å². The van der Waals surface area contributed by atoms with E-state index in [1.165, 1.54) is 11.3 Å². The lowest BCUT2D eigenvalue weighted by molar-refractivity contribution is 0.0403. The zero-order valence-corrected chi connectivity index (χ0v) is 11.1. The molecule has 2 unspecified atom stereocenters. The van der Waals surface area contributed by atoms with Crippen LogP contribution < -0.4 is 0 Å². The average Bonchev–Trinajstić information content (AvgIpc) is 3.07. The van der Waals surface area contributed by atoms with Gasteiger partial charge in [-0.3, -0.25) is 0 Å². The largest absolute Gasteiger partial charge is 0.476 e. The number of carbonyl (C=O) groups is 1. The van der Waals surface area contributed by atoms with Gasteiger partial charge in [0, 0.05) is 0 Å². The van der Waals surface area contributed by atoms with Crippen LogP contribution in [0.25, 0.3) is 10.8 Å². The molecule has 1 fully saturated rings. The summed E-state index contributed by atoms with van der Waals surface area (Å²) >= 11 is 1.46. The van der Waals surface area contributed by atoms with Crippen molar-refractivity contribution in [2.24, 2.45) is 0 Å². The highest BCUT2D eigenvalue weighted by atomic mass is 32.1. The molecule has 0 saturated carbocycles. The summed E-state index contributed by atoms with van der Waals surface area (Å²) in [6.07, 6.45) is 1.49. The normalized spacial score (nSPS) is 22.8. The number of aromatic nitrogens is 1. The molecule has 2 atom stereocenters. The van der Waals surface area contributed by atoms with E-state index in [4.69, 9.17) is 9.15 Å². The van der Waals surface area contributed by atoms with E-state index in [0.717, 1.165) is 17.7 Å². The number of nitrogens with zero attached hydrogens (tertiary/aromatic N) is 1. The van der Waals surface area contributed by atoms with Gasteiger partial charge in [0.15, 0.2) is 11.5 Å². The van der Waals surface area contributed by atoms with Crippen molar-refractivity contribution in [3.63, 3.8) is 0 Å². The molecular weight excluding hydrogens is 266 g/mol. The van der Waals surface area contributed by atoms with E-state index < -0.39 is 5.97 Å². The minimum Gasteiger partial charge on any atom is -0.476 e. The summed E-state index contributed by atoms with van der Waals surface area (Å²) in [6.45, 7) is 1.97. The van der Waals surface area contributed by atoms with Crippen molar-refractivity contribution in [3.05, 3.63) is 29.0 Å². The second-order valence-corrected chi connectivity index (χ2v) is 5.47. The zero-order chi connectivity index (χ0) is 13.4. The summed E-state index contributed by atoms with van der Waals surface area (Å²) in [5, 5.41) is 11.1. The van der Waals surface area contributed by atoms with Gasteiger partial charge in [0.25, 0.3) is 0 Å². The number of carboxylic acids is 1. The Morgan fingerprint density at radius 3 is 2.95 bits per heavy atom. The Bertz CT molecular complexity index is 590. The molecule has 1 aliphatic heterocycles. The van der Waals surface area contributed by atoms with Gasteiger partial charge in [-0.25, -0.2) is 9.78 Å². The van der Waals surface area contributed by atoms with Crippen LogP contribution in [0.1, 0.15) is 42.1 Å². The first-order valence-electron chi connectivity index (χ1n) is 6.08. The van der Waals surface area contributed by atoms with E-state index in [1.807, 2.05) is 24.4 Å². The molecule has 3 rings (SSSR count). The molecule has 2 aromatic heterocycles. The Kier molecular flexibility index (Phi) is 3.12. The number of thiophene rings is 1. The third-order valence-corrected chi connectivity index (χ3v) is 3.97. The van der Waals surface area contributed by atoms with Gasteiger partial charge in [0.1, 0.15) is 6.10 Å². The predicted octanol–water partition coefficient (Wildman–Crippen LogP) is 3.34. The van der Waals surface area contributed by atoms with Gasteiger partial charge >= 0.3 is 5.97 Å². The summed E-state index contributed by atoms with van der Waals surface area (Å²) < 4.78 is 11.3. The molecule has 1 N–H and O–H groups in total. The lowest BCUT2D eigenvalue weighted by atomic mass is 10.1. The fourth-order valence-electron chi connectivity index (χ4n) is 2.20. The summed E-state index contributed by atoms with van der Waals surface area (Å²) in [5.74, 6) is -0.393. The van der Waals surface area contributed by atoms with Crippen LogP contribution in [0.2, 0.25) is 0 Å². The molecule has 0 bridgehead atoms. The smallest absolute Gasteiger partial charge is 0.358 e. The van der Waals surface area contributed by atoms with Crippen LogP contribution in [0.15, 0.2) is 21.9 Å². The van der Waals surface area contributed by atoms with Gasteiger partial charge < -0.3 is 14.3 Å². The number of hydrogen-bond donors (Lipinski definition) is 1. The SMILES string of the molecule is CC1CCC(c2oc(-c3cccs3)nc2C(=O)O)O1. The van der Waals surface area contributed by atoms with Crippen molar-refractivity contribution in [3.8, 4) is 10.8 Å². The number of ether oxygens (including phenoxy) is 1. The Hall–Kier alpha value is -1.66. The number of rotatable bonds is 3. The molecule has 0 amide bonds. The van der Waals surface area contributed by atoms with Gasteiger partial charge in [-0.2, -0.15) is 0 Å². The highest BCUT2D eigenvalue weighted by molar-refractivity contribution is 7.13. The molecule has 5 nitrogen and oxygen atoms in total. The van der Waals surface area contributed by atoms with Gasteiger partial charge in [0.2, 0.25) is 5.89 Å². The molecule has 1 saturated heterocycles. The van der Waals surface area contributed by atoms with Crippen molar-refractivity contribution < 1.29 is 19.1 Å². The van der Waals surface area contributed by atoms with Crippen LogP contribution in [-0.4, -0.2) is 22.2 Å². The molecule has 3 heterocycles. The van der Waals surface area contributed by atoms with Crippen molar-refractivity contribution in [2.75, 3.05) is 0 Å². The molecule has 0 aromatic carbocycles. The summed E-state index contributed by atoms with van der Waals surface area (Å²) in [4.78, 5) is 16.2. The topological polar surface area (TPSA) is 72.6 Å². The van der Waals surface area contributed by atoms with E-state index in [2.05, 4.69) is 4.98 Å². The van der Waals surface area contributed by atoms with Crippen molar-refractivity contribution in [2.45, 2.75) is 32.0 Å². The van der Waals surface area contributed by atoms with Crippen molar-refractivity contribution in [1.82, 2.24) is 4.98 Å². The van der Waals surface area contributed by atoms with Gasteiger partial charge in [-0.05, 0) is 31.2 Å². The Morgan fingerprint density at radius 2 is 2.37 bits per heavy atom. The minimum atomic E-state index is -1.08. The monoisotopic (exact) mass is 279 g/mol. The van der Waals surface area contributed by atoms with Crippen LogP contribution in [0.3, 0.4) is 0 Å². The Balaban J connectivity index is 2.00. The fraction of sp³-hybridized carbons (Fsp3) is 0.385. The standard InChI is InChI=1S/C13H13NO4S/c1-7-4-5-8(17-7)11-10(13(15)16)14-12(18-11)9-3-2-6-19-9/h2-3,6-8H,4-5H2,1H3,(H,15,16). The van der Waals surface area contributed by atoms with Crippen LogP contribution >= 0.6 is 11.3 Å². The third kappa shape index (κ3) is 2.29. The summed E-state index contributed by atoms with van der Waals surface area (Å²) in [6, 6.07) is 3.72. The summed E-state index contributed by atoms with van der Waals surface area (Å²) in [7, 11) is 0. The summed E-state index contributed by atoms with van der Waals surface area (Å²) in [5.41, 5.74) is -0.0394. The number of oxazole rings is 1. The van der Waals surface area contributed by atoms with E-state index in [1.54, 1.807) is 0 Å². The maximum Gasteiger partial charge on any atom is 0.358 e. The maximum atomic E-state index is 11.3. The highest BCUT2D eigenvalue weighted by Gasteiger charge is 2.32. The van der Waals surface area contributed by atoms with E-state index in [-0.39, 0.29) is 17.9 Å². The molecule has 0 spiro atoms. The third-order valence-electron chi connectivity index (χ3n) is 3.11. The van der Waals surface area contributed by atoms with E-state index in [0.29, 0.717) is 11.7 Å². The second kappa shape index (κ2) is 4.79. The average molecular weight is 279 g/mol. The van der Waals surface area contributed by atoms with E-state index in [9.17, 15) is 9.90 Å². The Morgan fingerprint density at radius 1 is 1.53 bits per heavy atom. The molecular formula is C13H13NO4S. The van der Waals surface area contributed by atoms with Gasteiger partial charge in [-0.15, -0.1) is 11.3 Å². The molecule has 0 aliphatic carbocycles. The number of carboxylic acid groups (broad SMARTS) is 1. The lowest BCUT2D eigenvalue weighted by Gasteiger charge is -2.07. The van der Waals surface area contributed by atoms with Crippen LogP contribution in [0.4, 0.5) is 0 Å². The fourth-order valence-corrected chi connectivity index (χ4v) is 2.85. The quantitative estimate of drug-likeness (QED) is 0.932. The molecule has 19 heavy (non-hydrogen) atoms. The van der Waals surface area contributed by atoms with E-state index >= 15 is 0 Å². The van der Waals surface area contributed by atoms with Crippen LogP contribution in [-0.2, 0) is 4.74 Å². The van der Waals surface area contributed by atoms with Gasteiger partial charge in [0.05, 0.1) is 11.0 Å². The molecule has 100 valence electrons. The first-order chi connectivity index (χ1) is 9.15. The molecule has 0 radical (unpaired) electrons. The Labute approximate surface area is 113 Å². The molecule has 6 heteroatoms. The first kappa shape index (κ1) is 12.4. The predicted molar refractivity (Wildman–Crippen MR) is 69.3 cm³/mol. The maximum absolute atomic E-state index is 11.3.